The molecule has 0 saturated heterocycles. The van der Waals surface area contributed by atoms with Crippen LogP contribution < -0.4 is 11.2 Å². The van der Waals surface area contributed by atoms with Crippen LogP contribution in [0.4, 0.5) is 0 Å². The molecule has 0 saturated carbocycles. The van der Waals surface area contributed by atoms with Gasteiger partial charge >= 0.3 is 0 Å². The summed E-state index contributed by atoms with van der Waals surface area (Å²) in [7, 11) is 0. The van der Waals surface area contributed by atoms with Crippen molar-refractivity contribution in [3.63, 3.8) is 0 Å². The molecule has 0 aromatic rings. The van der Waals surface area contributed by atoms with E-state index in [0.29, 0.717) is 6.42 Å². The fourth-order valence-electron chi connectivity index (χ4n) is 0.655. The molecule has 0 aliphatic heterocycles. The summed E-state index contributed by atoms with van der Waals surface area (Å²) >= 11 is 1.67. The summed E-state index contributed by atoms with van der Waals surface area (Å²) in [5.74, 6) is 0.623. The number of rotatable bonds is 5. The highest BCUT2D eigenvalue weighted by atomic mass is 32.2. The molecular formula is C9H20N2O2S. The molecule has 0 aliphatic carbocycles. The lowest BCUT2D eigenvalue weighted by Gasteiger charge is -2.20. The van der Waals surface area contributed by atoms with Crippen LogP contribution in [-0.2, 0) is 9.63 Å². The van der Waals surface area contributed by atoms with Gasteiger partial charge in [0.2, 0.25) is 0 Å². The van der Waals surface area contributed by atoms with Crippen molar-refractivity contribution in [2.75, 3.05) is 12.0 Å². The molecule has 84 valence electrons. The smallest absolute Gasteiger partial charge is 0.260 e. The highest BCUT2D eigenvalue weighted by Crippen LogP contribution is 2.04. The zero-order valence-electron chi connectivity index (χ0n) is 9.29. The van der Waals surface area contributed by atoms with Gasteiger partial charge in [0, 0.05) is 0 Å². The van der Waals surface area contributed by atoms with E-state index >= 15 is 0 Å². The Balaban J connectivity index is 3.73. The van der Waals surface area contributed by atoms with Crippen LogP contribution in [0.3, 0.4) is 0 Å². The van der Waals surface area contributed by atoms with Gasteiger partial charge in [-0.2, -0.15) is 11.8 Å². The monoisotopic (exact) mass is 220 g/mol. The molecule has 0 aromatic carbocycles. The molecule has 0 aromatic heterocycles. The molecule has 1 amide bonds. The summed E-state index contributed by atoms with van der Waals surface area (Å²) in [6.07, 6.45) is 2.65. The average molecular weight is 220 g/mol. The van der Waals surface area contributed by atoms with Crippen molar-refractivity contribution in [3.8, 4) is 0 Å². The Morgan fingerprint density at radius 1 is 1.57 bits per heavy atom. The lowest BCUT2D eigenvalue weighted by Crippen LogP contribution is -2.43. The summed E-state index contributed by atoms with van der Waals surface area (Å²) in [6, 6.07) is -0.482. The zero-order valence-corrected chi connectivity index (χ0v) is 10.1. The molecule has 1 atom stereocenters. The predicted octanol–water partition coefficient (Wildman–Crippen LogP) is 0.913. The van der Waals surface area contributed by atoms with Gasteiger partial charge in [-0.1, -0.05) is 0 Å². The summed E-state index contributed by atoms with van der Waals surface area (Å²) in [5.41, 5.74) is 7.61. The van der Waals surface area contributed by atoms with Gasteiger partial charge in [0.25, 0.3) is 5.91 Å². The maximum Gasteiger partial charge on any atom is 0.260 e. The van der Waals surface area contributed by atoms with Crippen LogP contribution in [0.25, 0.3) is 0 Å². The normalized spacial score (nSPS) is 13.8. The van der Waals surface area contributed by atoms with Crippen molar-refractivity contribution >= 4 is 17.7 Å². The van der Waals surface area contributed by atoms with Crippen LogP contribution in [-0.4, -0.2) is 29.6 Å². The summed E-state index contributed by atoms with van der Waals surface area (Å²) < 4.78 is 0. The molecule has 5 heteroatoms. The van der Waals surface area contributed by atoms with E-state index in [1.165, 1.54) is 0 Å². The second kappa shape index (κ2) is 6.27. The topological polar surface area (TPSA) is 64.4 Å². The molecule has 4 nitrogen and oxygen atoms in total. The van der Waals surface area contributed by atoms with E-state index in [0.717, 1.165) is 5.75 Å². The molecule has 0 fully saturated rings. The minimum Gasteiger partial charge on any atom is -0.320 e. The first-order chi connectivity index (χ1) is 6.37. The second-order valence-corrected chi connectivity index (χ2v) is 5.05. The Labute approximate surface area is 89.9 Å². The first-order valence-electron chi connectivity index (χ1n) is 4.59. The van der Waals surface area contributed by atoms with Gasteiger partial charge in [-0.05, 0) is 39.2 Å². The molecule has 0 aliphatic rings. The summed E-state index contributed by atoms with van der Waals surface area (Å²) in [6.45, 7) is 5.59. The molecule has 0 bridgehead atoms. The third-order valence-electron chi connectivity index (χ3n) is 1.43. The van der Waals surface area contributed by atoms with E-state index in [2.05, 4.69) is 5.48 Å². The van der Waals surface area contributed by atoms with Crippen molar-refractivity contribution < 1.29 is 9.63 Å². The van der Waals surface area contributed by atoms with Gasteiger partial charge in [0.1, 0.15) is 0 Å². The summed E-state index contributed by atoms with van der Waals surface area (Å²) in [5, 5.41) is 0. The Morgan fingerprint density at radius 3 is 2.57 bits per heavy atom. The first-order valence-corrected chi connectivity index (χ1v) is 5.98. The van der Waals surface area contributed by atoms with Crippen LogP contribution in [0.5, 0.6) is 0 Å². The van der Waals surface area contributed by atoms with Crippen LogP contribution in [0.15, 0.2) is 0 Å². The van der Waals surface area contributed by atoms with E-state index in [4.69, 9.17) is 10.6 Å². The highest BCUT2D eigenvalue weighted by Gasteiger charge is 2.17. The van der Waals surface area contributed by atoms with E-state index in [-0.39, 0.29) is 11.5 Å². The van der Waals surface area contributed by atoms with Gasteiger partial charge in [0.05, 0.1) is 11.6 Å². The van der Waals surface area contributed by atoms with E-state index in [9.17, 15) is 4.79 Å². The quantitative estimate of drug-likeness (QED) is 0.676. The first kappa shape index (κ1) is 13.7. The number of nitrogens with one attached hydrogen (secondary N) is 1. The molecule has 0 spiro atoms. The van der Waals surface area contributed by atoms with Gasteiger partial charge in [-0.15, -0.1) is 0 Å². The number of hydroxylamine groups is 1. The fraction of sp³-hybridized carbons (Fsp3) is 0.889. The van der Waals surface area contributed by atoms with E-state index < -0.39 is 6.04 Å². The lowest BCUT2D eigenvalue weighted by molar-refractivity contribution is -0.146. The number of thioether (sulfide) groups is 1. The number of carbonyl (C=O) groups excluding carboxylic acids is 1. The Bertz CT molecular complexity index is 180. The van der Waals surface area contributed by atoms with Crippen molar-refractivity contribution in [1.82, 2.24) is 5.48 Å². The maximum atomic E-state index is 11.3. The van der Waals surface area contributed by atoms with Gasteiger partial charge in [-0.3, -0.25) is 9.63 Å². The predicted molar refractivity (Wildman–Crippen MR) is 60.0 cm³/mol. The van der Waals surface area contributed by atoms with Gasteiger partial charge in [0.15, 0.2) is 0 Å². The van der Waals surface area contributed by atoms with E-state index in [1.807, 2.05) is 27.0 Å². The Kier molecular flexibility index (Phi) is 6.15. The van der Waals surface area contributed by atoms with Crippen LogP contribution in [0, 0.1) is 0 Å². The Morgan fingerprint density at radius 2 is 2.14 bits per heavy atom. The standard InChI is InChI=1S/C9H20N2O2S/c1-9(2,3)13-11-8(12)7(10)5-6-14-4/h7H,5-6,10H2,1-4H3,(H,11,12)/t7-/m1/s1. The molecular weight excluding hydrogens is 200 g/mol. The van der Waals surface area contributed by atoms with E-state index in [1.54, 1.807) is 11.8 Å². The number of nitrogens with two attached hydrogens (primary N) is 1. The summed E-state index contributed by atoms with van der Waals surface area (Å²) in [4.78, 5) is 16.4. The number of amides is 1. The molecule has 0 unspecified atom stereocenters. The molecule has 0 radical (unpaired) electrons. The number of hydrogen-bond acceptors (Lipinski definition) is 4. The minimum absolute atomic E-state index is 0.256. The van der Waals surface area contributed by atoms with Crippen molar-refractivity contribution in [2.24, 2.45) is 5.73 Å². The molecule has 14 heavy (non-hydrogen) atoms. The fourth-order valence-corrected chi connectivity index (χ4v) is 1.14. The molecule has 0 heterocycles. The highest BCUT2D eigenvalue weighted by molar-refractivity contribution is 7.98. The van der Waals surface area contributed by atoms with Crippen LogP contribution in [0.2, 0.25) is 0 Å². The molecule has 0 rings (SSSR count). The molecule has 3 N–H and O–H groups in total. The third kappa shape index (κ3) is 7.17. The SMILES string of the molecule is CSCC[C@@H](N)C(=O)NOC(C)(C)C. The number of carbonyl (C=O) groups is 1. The van der Waals surface area contributed by atoms with Crippen molar-refractivity contribution in [3.05, 3.63) is 0 Å². The largest absolute Gasteiger partial charge is 0.320 e. The van der Waals surface area contributed by atoms with Crippen LogP contribution in [0.1, 0.15) is 27.2 Å². The average Bonchev–Trinajstić information content (AvgIpc) is 2.09. The zero-order chi connectivity index (χ0) is 11.2. The maximum absolute atomic E-state index is 11.3. The number of hydrogen-bond donors (Lipinski definition) is 2. The van der Waals surface area contributed by atoms with Crippen LogP contribution >= 0.6 is 11.8 Å². The van der Waals surface area contributed by atoms with Crippen molar-refractivity contribution in [1.29, 1.82) is 0 Å². The van der Waals surface area contributed by atoms with Gasteiger partial charge in [-0.25, -0.2) is 5.48 Å². The second-order valence-electron chi connectivity index (χ2n) is 4.07. The van der Waals surface area contributed by atoms with Gasteiger partial charge < -0.3 is 5.73 Å². The Hall–Kier alpha value is -0.260. The van der Waals surface area contributed by atoms with Crippen molar-refractivity contribution in [2.45, 2.75) is 38.8 Å². The lowest BCUT2D eigenvalue weighted by atomic mass is 10.2. The minimum atomic E-state index is -0.482. The third-order valence-corrected chi connectivity index (χ3v) is 2.07.